The van der Waals surface area contributed by atoms with Crippen molar-refractivity contribution in [3.63, 3.8) is 0 Å². The van der Waals surface area contributed by atoms with Crippen LogP contribution in [0.4, 0.5) is 0 Å². The molecule has 96 valence electrons. The number of benzene rings is 1. The quantitative estimate of drug-likeness (QED) is 0.774. The van der Waals surface area contributed by atoms with Gasteiger partial charge in [0.25, 0.3) is 0 Å². The molecule has 0 aliphatic heterocycles. The molecule has 0 atom stereocenters. The lowest BCUT2D eigenvalue weighted by Gasteiger charge is -2.10. The molecule has 3 nitrogen and oxygen atoms in total. The van der Waals surface area contributed by atoms with Crippen LogP contribution in [-0.2, 0) is 13.0 Å². The van der Waals surface area contributed by atoms with Gasteiger partial charge in [0.05, 0.1) is 6.54 Å². The van der Waals surface area contributed by atoms with E-state index >= 15 is 0 Å². The molecule has 0 spiro atoms. The zero-order valence-electron chi connectivity index (χ0n) is 11.1. The predicted octanol–water partition coefficient (Wildman–Crippen LogP) is 3.25. The molecule has 2 aromatic rings. The fraction of sp³-hybridized carbons (Fsp3) is 0.429. The Hall–Kier alpha value is -1.29. The lowest BCUT2D eigenvalue weighted by atomic mass is 10.1. The van der Waals surface area contributed by atoms with Crippen molar-refractivity contribution >= 4 is 11.8 Å². The first-order valence-corrected chi connectivity index (χ1v) is 7.43. The highest BCUT2D eigenvalue weighted by Crippen LogP contribution is 2.17. The van der Waals surface area contributed by atoms with E-state index in [9.17, 15) is 0 Å². The molecule has 0 aliphatic carbocycles. The highest BCUT2D eigenvalue weighted by molar-refractivity contribution is 7.98. The Balaban J connectivity index is 2.27. The maximum Gasteiger partial charge on any atom is 0.191 e. The van der Waals surface area contributed by atoms with Crippen LogP contribution in [0.15, 0.2) is 35.5 Å². The van der Waals surface area contributed by atoms with Gasteiger partial charge in [0.1, 0.15) is 5.82 Å². The molecule has 4 heteroatoms. The molecule has 1 heterocycles. The monoisotopic (exact) mass is 261 g/mol. The van der Waals surface area contributed by atoms with E-state index in [0.29, 0.717) is 5.92 Å². The third-order valence-electron chi connectivity index (χ3n) is 2.75. The van der Waals surface area contributed by atoms with Gasteiger partial charge in [0.2, 0.25) is 0 Å². The number of rotatable bonds is 5. The molecule has 18 heavy (non-hydrogen) atoms. The van der Waals surface area contributed by atoms with Crippen LogP contribution in [0.5, 0.6) is 0 Å². The topological polar surface area (TPSA) is 30.7 Å². The van der Waals surface area contributed by atoms with Crippen molar-refractivity contribution in [2.24, 2.45) is 5.92 Å². The van der Waals surface area contributed by atoms with E-state index in [4.69, 9.17) is 0 Å². The van der Waals surface area contributed by atoms with Crippen LogP contribution >= 0.6 is 11.8 Å². The van der Waals surface area contributed by atoms with Crippen LogP contribution in [0.3, 0.4) is 0 Å². The van der Waals surface area contributed by atoms with Crippen molar-refractivity contribution in [1.82, 2.24) is 14.8 Å². The summed E-state index contributed by atoms with van der Waals surface area (Å²) in [5, 5.41) is 9.57. The maximum absolute atomic E-state index is 4.32. The fourth-order valence-corrected chi connectivity index (χ4v) is 2.42. The molecule has 0 bridgehead atoms. The Morgan fingerprint density at radius 2 is 1.89 bits per heavy atom. The van der Waals surface area contributed by atoms with E-state index in [1.807, 2.05) is 12.3 Å². The second-order valence-corrected chi connectivity index (χ2v) is 5.55. The van der Waals surface area contributed by atoms with Gasteiger partial charge in [0, 0.05) is 6.42 Å². The van der Waals surface area contributed by atoms with Crippen LogP contribution < -0.4 is 0 Å². The Morgan fingerprint density at radius 3 is 2.50 bits per heavy atom. The van der Waals surface area contributed by atoms with Crippen molar-refractivity contribution in [3.05, 3.63) is 41.7 Å². The van der Waals surface area contributed by atoms with Crippen molar-refractivity contribution in [2.75, 3.05) is 6.26 Å². The molecule has 0 N–H and O–H groups in total. The normalized spacial score (nSPS) is 11.1. The smallest absolute Gasteiger partial charge is 0.191 e. The van der Waals surface area contributed by atoms with Crippen molar-refractivity contribution in [3.8, 4) is 0 Å². The summed E-state index contributed by atoms with van der Waals surface area (Å²) < 4.78 is 2.22. The number of aromatic nitrogens is 3. The molecular weight excluding hydrogens is 242 g/mol. The molecule has 0 saturated carbocycles. The van der Waals surface area contributed by atoms with Gasteiger partial charge >= 0.3 is 0 Å². The van der Waals surface area contributed by atoms with Gasteiger partial charge in [-0.25, -0.2) is 0 Å². The molecule has 0 fully saturated rings. The second-order valence-electron chi connectivity index (χ2n) is 4.77. The minimum Gasteiger partial charge on any atom is -0.302 e. The first-order chi connectivity index (χ1) is 8.70. The van der Waals surface area contributed by atoms with E-state index in [1.165, 1.54) is 5.56 Å². The van der Waals surface area contributed by atoms with Crippen LogP contribution in [-0.4, -0.2) is 21.0 Å². The summed E-state index contributed by atoms with van der Waals surface area (Å²) in [6.45, 7) is 5.27. The van der Waals surface area contributed by atoms with Crippen LogP contribution in [0.2, 0.25) is 0 Å². The minimum atomic E-state index is 0.596. The zero-order chi connectivity index (χ0) is 13.0. The molecule has 0 radical (unpaired) electrons. The summed E-state index contributed by atoms with van der Waals surface area (Å²) >= 11 is 1.65. The number of hydrogen-bond donors (Lipinski definition) is 0. The van der Waals surface area contributed by atoms with E-state index in [0.717, 1.165) is 23.9 Å². The van der Waals surface area contributed by atoms with Gasteiger partial charge in [-0.05, 0) is 17.7 Å². The molecule has 0 aliphatic rings. The van der Waals surface area contributed by atoms with Gasteiger partial charge < -0.3 is 4.57 Å². The van der Waals surface area contributed by atoms with E-state index in [1.54, 1.807) is 11.8 Å². The van der Waals surface area contributed by atoms with Gasteiger partial charge in [-0.1, -0.05) is 55.9 Å². The van der Waals surface area contributed by atoms with Gasteiger partial charge in [0.15, 0.2) is 5.16 Å². The van der Waals surface area contributed by atoms with Gasteiger partial charge in [-0.3, -0.25) is 0 Å². The molecule has 2 rings (SSSR count). The van der Waals surface area contributed by atoms with E-state index < -0.39 is 0 Å². The summed E-state index contributed by atoms with van der Waals surface area (Å²) in [5.41, 5.74) is 1.29. The van der Waals surface area contributed by atoms with Crippen LogP contribution in [0, 0.1) is 5.92 Å². The van der Waals surface area contributed by atoms with Gasteiger partial charge in [-0.2, -0.15) is 0 Å². The Labute approximate surface area is 113 Å². The van der Waals surface area contributed by atoms with E-state index in [-0.39, 0.29) is 0 Å². The standard InChI is InChI=1S/C14H19N3S/c1-11(2)9-13-15-16-14(18-3)17(13)10-12-7-5-4-6-8-12/h4-8,11H,9-10H2,1-3H3. The highest BCUT2D eigenvalue weighted by Gasteiger charge is 2.12. The minimum absolute atomic E-state index is 0.596. The average Bonchev–Trinajstić information content (AvgIpc) is 2.72. The first-order valence-electron chi connectivity index (χ1n) is 6.20. The summed E-state index contributed by atoms with van der Waals surface area (Å²) in [7, 11) is 0. The molecule has 0 unspecified atom stereocenters. The third kappa shape index (κ3) is 3.13. The average molecular weight is 261 g/mol. The predicted molar refractivity (Wildman–Crippen MR) is 75.9 cm³/mol. The number of nitrogens with zero attached hydrogens (tertiary/aromatic N) is 3. The summed E-state index contributed by atoms with van der Waals surface area (Å²) in [4.78, 5) is 0. The first kappa shape index (κ1) is 13.1. The van der Waals surface area contributed by atoms with Crippen molar-refractivity contribution in [1.29, 1.82) is 0 Å². The van der Waals surface area contributed by atoms with Crippen LogP contribution in [0.25, 0.3) is 0 Å². The number of hydrogen-bond acceptors (Lipinski definition) is 3. The fourth-order valence-electron chi connectivity index (χ4n) is 1.91. The Kier molecular flexibility index (Phi) is 4.42. The zero-order valence-corrected chi connectivity index (χ0v) is 11.9. The Bertz CT molecular complexity index is 491. The van der Waals surface area contributed by atoms with E-state index in [2.05, 4.69) is 52.9 Å². The SMILES string of the molecule is CSc1nnc(CC(C)C)n1Cc1ccccc1. The van der Waals surface area contributed by atoms with Gasteiger partial charge in [-0.15, -0.1) is 10.2 Å². The second kappa shape index (κ2) is 6.05. The lowest BCUT2D eigenvalue weighted by Crippen LogP contribution is -2.09. The molecule has 0 amide bonds. The summed E-state index contributed by atoms with van der Waals surface area (Å²) in [6, 6.07) is 10.5. The lowest BCUT2D eigenvalue weighted by molar-refractivity contribution is 0.576. The molecule has 0 saturated heterocycles. The third-order valence-corrected chi connectivity index (χ3v) is 3.42. The number of thioether (sulfide) groups is 1. The van der Waals surface area contributed by atoms with Crippen molar-refractivity contribution < 1.29 is 0 Å². The summed E-state index contributed by atoms with van der Waals surface area (Å²) in [6.07, 6.45) is 3.02. The molecule has 1 aromatic heterocycles. The Morgan fingerprint density at radius 1 is 1.17 bits per heavy atom. The summed E-state index contributed by atoms with van der Waals surface area (Å²) in [5.74, 6) is 1.68. The van der Waals surface area contributed by atoms with Crippen LogP contribution in [0.1, 0.15) is 25.2 Å². The largest absolute Gasteiger partial charge is 0.302 e. The molecular formula is C14H19N3S. The highest BCUT2D eigenvalue weighted by atomic mass is 32.2. The molecule has 1 aromatic carbocycles. The van der Waals surface area contributed by atoms with Crippen molar-refractivity contribution in [2.45, 2.75) is 32.0 Å². The maximum atomic E-state index is 4.32.